The first-order chi connectivity index (χ1) is 9.15. The molecule has 0 aliphatic carbocycles. The highest BCUT2D eigenvalue weighted by molar-refractivity contribution is 5.93. The number of amides is 1. The average Bonchev–Trinajstić information content (AvgIpc) is 2.40. The Balaban J connectivity index is 2.22. The largest absolute Gasteiger partial charge is 0.326 e. The van der Waals surface area contributed by atoms with E-state index in [0.29, 0.717) is 18.4 Å². The maximum Gasteiger partial charge on any atom is 0.224 e. The Morgan fingerprint density at radius 1 is 1.37 bits per heavy atom. The van der Waals surface area contributed by atoms with Gasteiger partial charge in [-0.2, -0.15) is 0 Å². The minimum absolute atomic E-state index is 0.129. The van der Waals surface area contributed by atoms with Crippen LogP contribution in [0.15, 0.2) is 18.2 Å². The highest BCUT2D eigenvalue weighted by atomic mass is 16.1. The maximum atomic E-state index is 11.4. The third-order valence-electron chi connectivity index (χ3n) is 4.01. The summed E-state index contributed by atoms with van der Waals surface area (Å²) in [6.45, 7) is 4.53. The first kappa shape index (κ1) is 14.1. The number of nitrogens with one attached hydrogen (secondary N) is 2. The van der Waals surface area contributed by atoms with E-state index in [-0.39, 0.29) is 5.91 Å². The van der Waals surface area contributed by atoms with Crippen molar-refractivity contribution in [1.82, 2.24) is 5.32 Å². The van der Waals surface area contributed by atoms with E-state index in [1.54, 1.807) is 0 Å². The summed E-state index contributed by atoms with van der Waals surface area (Å²) in [7, 11) is 2.03. The van der Waals surface area contributed by atoms with Gasteiger partial charge in [-0.05, 0) is 43.0 Å². The number of anilines is 1. The van der Waals surface area contributed by atoms with E-state index in [0.717, 1.165) is 12.1 Å². The normalized spacial score (nSPS) is 17.5. The molecule has 0 aromatic heterocycles. The lowest BCUT2D eigenvalue weighted by molar-refractivity contribution is -0.116. The van der Waals surface area contributed by atoms with Crippen LogP contribution in [0.25, 0.3) is 0 Å². The zero-order valence-electron chi connectivity index (χ0n) is 12.1. The zero-order valence-corrected chi connectivity index (χ0v) is 12.1. The van der Waals surface area contributed by atoms with Crippen LogP contribution in [-0.4, -0.2) is 13.0 Å². The summed E-state index contributed by atoms with van der Waals surface area (Å²) in [4.78, 5) is 11.4. The van der Waals surface area contributed by atoms with E-state index >= 15 is 0 Å². The topological polar surface area (TPSA) is 41.1 Å². The van der Waals surface area contributed by atoms with Crippen LogP contribution in [-0.2, 0) is 11.2 Å². The van der Waals surface area contributed by atoms with Gasteiger partial charge in [0, 0.05) is 18.2 Å². The molecule has 2 unspecified atom stereocenters. The Hall–Kier alpha value is -1.35. The second kappa shape index (κ2) is 6.20. The van der Waals surface area contributed by atoms with Gasteiger partial charge in [-0.25, -0.2) is 0 Å². The van der Waals surface area contributed by atoms with Gasteiger partial charge in [0.2, 0.25) is 5.91 Å². The highest BCUT2D eigenvalue weighted by Crippen LogP contribution is 2.30. The number of benzene rings is 1. The molecule has 1 heterocycles. The molecule has 0 bridgehead atoms. The fourth-order valence-electron chi connectivity index (χ4n) is 3.00. The SMILES string of the molecule is CCCC(C)C(NC)c1ccc2c(c1)CCC(=O)N2. The van der Waals surface area contributed by atoms with Crippen molar-refractivity contribution in [1.29, 1.82) is 0 Å². The third kappa shape index (κ3) is 3.16. The van der Waals surface area contributed by atoms with Crippen LogP contribution in [0.2, 0.25) is 0 Å². The van der Waals surface area contributed by atoms with Crippen molar-refractivity contribution in [2.75, 3.05) is 12.4 Å². The van der Waals surface area contributed by atoms with Crippen molar-refractivity contribution < 1.29 is 4.79 Å². The van der Waals surface area contributed by atoms with Crippen LogP contribution < -0.4 is 10.6 Å². The van der Waals surface area contributed by atoms with Crippen molar-refractivity contribution in [3.8, 4) is 0 Å². The van der Waals surface area contributed by atoms with E-state index in [2.05, 4.69) is 36.6 Å². The smallest absolute Gasteiger partial charge is 0.224 e. The van der Waals surface area contributed by atoms with Gasteiger partial charge in [-0.1, -0.05) is 32.4 Å². The average molecular weight is 260 g/mol. The van der Waals surface area contributed by atoms with Gasteiger partial charge in [0.05, 0.1) is 0 Å². The van der Waals surface area contributed by atoms with Crippen molar-refractivity contribution in [2.24, 2.45) is 5.92 Å². The molecule has 1 aliphatic heterocycles. The molecular weight excluding hydrogens is 236 g/mol. The fourth-order valence-corrected chi connectivity index (χ4v) is 3.00. The van der Waals surface area contributed by atoms with Crippen LogP contribution in [0.1, 0.15) is 50.3 Å². The van der Waals surface area contributed by atoms with Crippen LogP contribution >= 0.6 is 0 Å². The van der Waals surface area contributed by atoms with Crippen molar-refractivity contribution >= 4 is 11.6 Å². The molecule has 3 nitrogen and oxygen atoms in total. The van der Waals surface area contributed by atoms with Gasteiger partial charge in [0.1, 0.15) is 0 Å². The van der Waals surface area contributed by atoms with E-state index in [4.69, 9.17) is 0 Å². The molecule has 0 radical (unpaired) electrons. The quantitative estimate of drug-likeness (QED) is 0.853. The Morgan fingerprint density at radius 3 is 2.84 bits per heavy atom. The molecule has 1 aromatic rings. The summed E-state index contributed by atoms with van der Waals surface area (Å²) in [5.41, 5.74) is 3.58. The van der Waals surface area contributed by atoms with Gasteiger partial charge in [-0.15, -0.1) is 0 Å². The molecule has 1 amide bonds. The molecule has 2 rings (SSSR count). The molecule has 0 saturated heterocycles. The van der Waals surface area contributed by atoms with E-state index in [9.17, 15) is 4.79 Å². The monoisotopic (exact) mass is 260 g/mol. The third-order valence-corrected chi connectivity index (χ3v) is 4.01. The van der Waals surface area contributed by atoms with E-state index in [1.165, 1.54) is 24.0 Å². The second-order valence-corrected chi connectivity index (χ2v) is 5.50. The Bertz CT molecular complexity index is 456. The number of fused-ring (bicyclic) bond motifs is 1. The molecule has 3 heteroatoms. The molecule has 1 aromatic carbocycles. The molecule has 0 saturated carbocycles. The lowest BCUT2D eigenvalue weighted by Gasteiger charge is -2.26. The summed E-state index contributed by atoms with van der Waals surface area (Å²) in [5, 5.41) is 6.37. The molecule has 2 atom stereocenters. The standard InChI is InChI=1S/C16H24N2O/c1-4-5-11(2)16(17-3)13-6-8-14-12(10-13)7-9-15(19)18-14/h6,8,10-11,16-17H,4-5,7,9H2,1-3H3,(H,18,19). The fraction of sp³-hybridized carbons (Fsp3) is 0.562. The maximum absolute atomic E-state index is 11.4. The lowest BCUT2D eigenvalue weighted by atomic mass is 9.89. The predicted octanol–water partition coefficient (Wildman–Crippen LogP) is 3.27. The van der Waals surface area contributed by atoms with Gasteiger partial charge in [0.15, 0.2) is 0 Å². The van der Waals surface area contributed by atoms with Gasteiger partial charge in [-0.3, -0.25) is 4.79 Å². The van der Waals surface area contributed by atoms with Crippen LogP contribution in [0.5, 0.6) is 0 Å². The van der Waals surface area contributed by atoms with Gasteiger partial charge < -0.3 is 10.6 Å². The lowest BCUT2D eigenvalue weighted by Crippen LogP contribution is -2.24. The Morgan fingerprint density at radius 2 is 2.16 bits per heavy atom. The number of hydrogen-bond acceptors (Lipinski definition) is 2. The zero-order chi connectivity index (χ0) is 13.8. The van der Waals surface area contributed by atoms with E-state index in [1.807, 2.05) is 13.1 Å². The summed E-state index contributed by atoms with van der Waals surface area (Å²) < 4.78 is 0. The molecule has 1 aliphatic rings. The number of carbonyl (C=O) groups is 1. The minimum atomic E-state index is 0.129. The Labute approximate surface area is 115 Å². The number of rotatable bonds is 5. The van der Waals surface area contributed by atoms with Crippen LogP contribution in [0, 0.1) is 5.92 Å². The number of aryl methyl sites for hydroxylation is 1. The van der Waals surface area contributed by atoms with Crippen molar-refractivity contribution in [3.63, 3.8) is 0 Å². The predicted molar refractivity (Wildman–Crippen MR) is 79.3 cm³/mol. The molecule has 0 spiro atoms. The second-order valence-electron chi connectivity index (χ2n) is 5.50. The van der Waals surface area contributed by atoms with Gasteiger partial charge in [0.25, 0.3) is 0 Å². The van der Waals surface area contributed by atoms with Crippen LogP contribution in [0.4, 0.5) is 5.69 Å². The molecule has 0 fully saturated rings. The van der Waals surface area contributed by atoms with Gasteiger partial charge >= 0.3 is 0 Å². The summed E-state index contributed by atoms with van der Waals surface area (Å²) >= 11 is 0. The Kier molecular flexibility index (Phi) is 4.59. The summed E-state index contributed by atoms with van der Waals surface area (Å²) in [6.07, 6.45) is 3.89. The number of carbonyl (C=O) groups excluding carboxylic acids is 1. The van der Waals surface area contributed by atoms with Crippen molar-refractivity contribution in [3.05, 3.63) is 29.3 Å². The van der Waals surface area contributed by atoms with E-state index < -0.39 is 0 Å². The van der Waals surface area contributed by atoms with Crippen molar-refractivity contribution in [2.45, 2.75) is 45.6 Å². The number of hydrogen-bond donors (Lipinski definition) is 2. The first-order valence-electron chi connectivity index (χ1n) is 7.25. The molecule has 19 heavy (non-hydrogen) atoms. The summed E-state index contributed by atoms with van der Waals surface area (Å²) in [6, 6.07) is 6.83. The highest BCUT2D eigenvalue weighted by Gasteiger charge is 2.20. The molecular formula is C16H24N2O. The van der Waals surface area contributed by atoms with Crippen LogP contribution in [0.3, 0.4) is 0 Å². The summed E-state index contributed by atoms with van der Waals surface area (Å²) in [5.74, 6) is 0.746. The molecule has 2 N–H and O–H groups in total. The minimum Gasteiger partial charge on any atom is -0.326 e. The molecule has 104 valence electrons. The first-order valence-corrected chi connectivity index (χ1v) is 7.25.